The third kappa shape index (κ3) is 3.97. The quantitative estimate of drug-likeness (QED) is 0.773. The first-order valence-corrected chi connectivity index (χ1v) is 7.53. The van der Waals surface area contributed by atoms with Crippen molar-refractivity contribution in [3.63, 3.8) is 0 Å². The Bertz CT molecular complexity index is 174. The first-order chi connectivity index (χ1) is 7.34. The van der Waals surface area contributed by atoms with Crippen molar-refractivity contribution in [2.75, 3.05) is 37.7 Å². The van der Waals surface area contributed by atoms with Crippen molar-refractivity contribution in [3.05, 3.63) is 0 Å². The Labute approximate surface area is 98.2 Å². The molecule has 0 aromatic carbocycles. The zero-order chi connectivity index (χ0) is 10.5. The summed E-state index contributed by atoms with van der Waals surface area (Å²) < 4.78 is 0. The van der Waals surface area contributed by atoms with Crippen molar-refractivity contribution in [2.24, 2.45) is 5.92 Å². The van der Waals surface area contributed by atoms with Crippen LogP contribution in [0, 0.1) is 5.92 Å². The number of hydrogen-bond acceptors (Lipinski definition) is 3. The zero-order valence-corrected chi connectivity index (χ0v) is 10.7. The summed E-state index contributed by atoms with van der Waals surface area (Å²) in [5.74, 6) is 3.50. The normalized spacial score (nSPS) is 29.8. The number of nitrogens with zero attached hydrogens (tertiary/aromatic N) is 1. The zero-order valence-electron chi connectivity index (χ0n) is 9.87. The standard InChI is InChI=1S/C12H24N2S/c1-11(9-14-5-2-3-6-14)8-13-12-4-7-15-10-12/h11-13H,2-10H2,1H3. The van der Waals surface area contributed by atoms with Crippen LogP contribution in [0.15, 0.2) is 0 Å². The monoisotopic (exact) mass is 228 g/mol. The molecule has 2 atom stereocenters. The van der Waals surface area contributed by atoms with Gasteiger partial charge >= 0.3 is 0 Å². The third-order valence-electron chi connectivity index (χ3n) is 3.45. The van der Waals surface area contributed by atoms with E-state index in [1.54, 1.807) is 0 Å². The second-order valence-corrected chi connectivity index (χ2v) is 6.23. The fourth-order valence-electron chi connectivity index (χ4n) is 2.53. The van der Waals surface area contributed by atoms with E-state index in [4.69, 9.17) is 0 Å². The first-order valence-electron chi connectivity index (χ1n) is 6.38. The lowest BCUT2D eigenvalue weighted by Gasteiger charge is -2.22. The van der Waals surface area contributed by atoms with Crippen molar-refractivity contribution in [3.8, 4) is 0 Å². The van der Waals surface area contributed by atoms with E-state index in [0.29, 0.717) is 0 Å². The van der Waals surface area contributed by atoms with E-state index in [9.17, 15) is 0 Å². The minimum Gasteiger partial charge on any atom is -0.313 e. The summed E-state index contributed by atoms with van der Waals surface area (Å²) >= 11 is 2.09. The van der Waals surface area contributed by atoms with Crippen molar-refractivity contribution in [1.29, 1.82) is 0 Å². The minimum atomic E-state index is 0.802. The second kappa shape index (κ2) is 6.12. The minimum absolute atomic E-state index is 0.802. The van der Waals surface area contributed by atoms with E-state index >= 15 is 0 Å². The van der Waals surface area contributed by atoms with E-state index in [2.05, 4.69) is 28.9 Å². The molecule has 0 spiro atoms. The van der Waals surface area contributed by atoms with Crippen LogP contribution >= 0.6 is 11.8 Å². The molecule has 15 heavy (non-hydrogen) atoms. The molecular weight excluding hydrogens is 204 g/mol. The lowest BCUT2D eigenvalue weighted by atomic mass is 10.1. The summed E-state index contributed by atoms with van der Waals surface area (Å²) in [5, 5.41) is 3.71. The Balaban J connectivity index is 1.57. The van der Waals surface area contributed by atoms with Crippen LogP contribution in [0.4, 0.5) is 0 Å². The molecule has 0 bridgehead atoms. The molecule has 2 rings (SSSR count). The Morgan fingerprint density at radius 3 is 2.87 bits per heavy atom. The van der Waals surface area contributed by atoms with Gasteiger partial charge in [0.15, 0.2) is 0 Å². The highest BCUT2D eigenvalue weighted by molar-refractivity contribution is 7.99. The van der Waals surface area contributed by atoms with Crippen LogP contribution in [0.5, 0.6) is 0 Å². The predicted octanol–water partition coefficient (Wildman–Crippen LogP) is 1.81. The third-order valence-corrected chi connectivity index (χ3v) is 4.62. The lowest BCUT2D eigenvalue weighted by molar-refractivity contribution is 0.279. The number of hydrogen-bond donors (Lipinski definition) is 1. The van der Waals surface area contributed by atoms with Crippen LogP contribution in [-0.4, -0.2) is 48.6 Å². The van der Waals surface area contributed by atoms with Gasteiger partial charge < -0.3 is 10.2 Å². The highest BCUT2D eigenvalue weighted by Crippen LogP contribution is 2.17. The van der Waals surface area contributed by atoms with Gasteiger partial charge in [-0.05, 0) is 50.6 Å². The summed E-state index contributed by atoms with van der Waals surface area (Å²) in [6.07, 6.45) is 4.21. The molecule has 0 aliphatic carbocycles. The molecule has 2 nitrogen and oxygen atoms in total. The van der Waals surface area contributed by atoms with Gasteiger partial charge in [-0.1, -0.05) is 6.92 Å². The number of rotatable bonds is 5. The molecule has 88 valence electrons. The number of thioether (sulfide) groups is 1. The molecule has 0 saturated carbocycles. The smallest absolute Gasteiger partial charge is 0.0166 e. The summed E-state index contributed by atoms with van der Waals surface area (Å²) in [6.45, 7) is 7.56. The molecule has 0 amide bonds. The van der Waals surface area contributed by atoms with E-state index in [1.807, 2.05) is 0 Å². The average Bonchev–Trinajstić information content (AvgIpc) is 2.86. The SMILES string of the molecule is CC(CNC1CCSC1)CN1CCCC1. The van der Waals surface area contributed by atoms with Gasteiger partial charge in [-0.25, -0.2) is 0 Å². The molecule has 3 heteroatoms. The number of likely N-dealkylation sites (tertiary alicyclic amines) is 1. The maximum atomic E-state index is 3.71. The van der Waals surface area contributed by atoms with Crippen molar-refractivity contribution in [2.45, 2.75) is 32.2 Å². The molecule has 2 aliphatic heterocycles. The maximum absolute atomic E-state index is 3.71. The number of nitrogens with one attached hydrogen (secondary N) is 1. The molecule has 2 aliphatic rings. The molecule has 1 N–H and O–H groups in total. The second-order valence-electron chi connectivity index (χ2n) is 5.08. The van der Waals surface area contributed by atoms with Gasteiger partial charge in [-0.2, -0.15) is 11.8 Å². The molecule has 2 saturated heterocycles. The maximum Gasteiger partial charge on any atom is 0.0166 e. The Morgan fingerprint density at radius 1 is 1.40 bits per heavy atom. The average molecular weight is 228 g/mol. The van der Waals surface area contributed by atoms with E-state index in [1.165, 1.54) is 56.9 Å². The Morgan fingerprint density at radius 2 is 2.20 bits per heavy atom. The topological polar surface area (TPSA) is 15.3 Å². The summed E-state index contributed by atoms with van der Waals surface area (Å²) in [7, 11) is 0. The van der Waals surface area contributed by atoms with Crippen LogP contribution in [-0.2, 0) is 0 Å². The summed E-state index contributed by atoms with van der Waals surface area (Å²) in [6, 6.07) is 0.802. The fraction of sp³-hybridized carbons (Fsp3) is 1.00. The van der Waals surface area contributed by atoms with Gasteiger partial charge in [0.1, 0.15) is 0 Å². The van der Waals surface area contributed by atoms with Crippen LogP contribution in [0.2, 0.25) is 0 Å². The van der Waals surface area contributed by atoms with Crippen LogP contribution in [0.1, 0.15) is 26.2 Å². The summed E-state index contributed by atoms with van der Waals surface area (Å²) in [4.78, 5) is 2.62. The van der Waals surface area contributed by atoms with Gasteiger partial charge in [0, 0.05) is 18.3 Å². The summed E-state index contributed by atoms with van der Waals surface area (Å²) in [5.41, 5.74) is 0. The van der Waals surface area contributed by atoms with Crippen molar-refractivity contribution in [1.82, 2.24) is 10.2 Å². The molecule has 0 aromatic heterocycles. The van der Waals surface area contributed by atoms with Gasteiger partial charge in [0.25, 0.3) is 0 Å². The van der Waals surface area contributed by atoms with Gasteiger partial charge in [-0.3, -0.25) is 0 Å². The van der Waals surface area contributed by atoms with Crippen LogP contribution < -0.4 is 5.32 Å². The van der Waals surface area contributed by atoms with Crippen molar-refractivity contribution < 1.29 is 0 Å². The van der Waals surface area contributed by atoms with Gasteiger partial charge in [0.05, 0.1) is 0 Å². The Kier molecular flexibility index (Phi) is 4.79. The molecule has 0 radical (unpaired) electrons. The highest BCUT2D eigenvalue weighted by Gasteiger charge is 2.17. The first kappa shape index (κ1) is 11.7. The van der Waals surface area contributed by atoms with Crippen molar-refractivity contribution >= 4 is 11.8 Å². The van der Waals surface area contributed by atoms with E-state index < -0.39 is 0 Å². The molecule has 2 heterocycles. The fourth-order valence-corrected chi connectivity index (χ4v) is 3.72. The predicted molar refractivity (Wildman–Crippen MR) is 68.6 cm³/mol. The lowest BCUT2D eigenvalue weighted by Crippen LogP contribution is -2.36. The van der Waals surface area contributed by atoms with E-state index in [-0.39, 0.29) is 0 Å². The Hall–Kier alpha value is 0.270. The van der Waals surface area contributed by atoms with Crippen LogP contribution in [0.25, 0.3) is 0 Å². The van der Waals surface area contributed by atoms with Gasteiger partial charge in [0.2, 0.25) is 0 Å². The largest absolute Gasteiger partial charge is 0.313 e. The molecular formula is C12H24N2S. The highest BCUT2D eigenvalue weighted by atomic mass is 32.2. The molecule has 2 unspecified atom stereocenters. The van der Waals surface area contributed by atoms with Gasteiger partial charge in [-0.15, -0.1) is 0 Å². The molecule has 0 aromatic rings. The van der Waals surface area contributed by atoms with E-state index in [0.717, 1.165) is 12.0 Å². The van der Waals surface area contributed by atoms with Crippen LogP contribution in [0.3, 0.4) is 0 Å². The molecule has 2 fully saturated rings.